The summed E-state index contributed by atoms with van der Waals surface area (Å²) in [7, 11) is 0. The van der Waals surface area contributed by atoms with Gasteiger partial charge in [0.2, 0.25) is 5.91 Å². The SMILES string of the molecule is CC(=O)N/C(=C\C(=O)c1ccccc1)c1ccc(F)cc1. The van der Waals surface area contributed by atoms with Crippen molar-refractivity contribution in [3.05, 3.63) is 77.6 Å². The molecule has 0 saturated carbocycles. The number of hydrogen-bond donors (Lipinski definition) is 1. The molecule has 0 bridgehead atoms. The summed E-state index contributed by atoms with van der Waals surface area (Å²) in [6, 6.07) is 14.3. The van der Waals surface area contributed by atoms with Crippen LogP contribution < -0.4 is 5.32 Å². The normalized spacial score (nSPS) is 11.0. The van der Waals surface area contributed by atoms with E-state index >= 15 is 0 Å². The largest absolute Gasteiger partial charge is 0.326 e. The highest BCUT2D eigenvalue weighted by Gasteiger charge is 2.08. The highest BCUT2D eigenvalue weighted by atomic mass is 19.1. The molecule has 0 saturated heterocycles. The Labute approximate surface area is 122 Å². The van der Waals surface area contributed by atoms with Gasteiger partial charge in [0.25, 0.3) is 0 Å². The molecule has 0 radical (unpaired) electrons. The molecule has 2 aromatic rings. The van der Waals surface area contributed by atoms with Crippen LogP contribution in [0.5, 0.6) is 0 Å². The van der Waals surface area contributed by atoms with Crippen LogP contribution in [-0.4, -0.2) is 11.7 Å². The number of amides is 1. The van der Waals surface area contributed by atoms with E-state index in [9.17, 15) is 14.0 Å². The van der Waals surface area contributed by atoms with E-state index in [0.29, 0.717) is 16.8 Å². The van der Waals surface area contributed by atoms with Gasteiger partial charge in [-0.2, -0.15) is 0 Å². The molecule has 21 heavy (non-hydrogen) atoms. The van der Waals surface area contributed by atoms with Gasteiger partial charge in [-0.15, -0.1) is 0 Å². The van der Waals surface area contributed by atoms with Crippen molar-refractivity contribution in [2.24, 2.45) is 0 Å². The van der Waals surface area contributed by atoms with E-state index in [1.165, 1.54) is 37.3 Å². The first-order valence-corrected chi connectivity index (χ1v) is 6.41. The lowest BCUT2D eigenvalue weighted by molar-refractivity contribution is -0.117. The van der Waals surface area contributed by atoms with Crippen LogP contribution in [0.25, 0.3) is 5.70 Å². The van der Waals surface area contributed by atoms with Gasteiger partial charge in [0.15, 0.2) is 5.78 Å². The van der Waals surface area contributed by atoms with E-state index in [4.69, 9.17) is 0 Å². The Hall–Kier alpha value is -2.75. The van der Waals surface area contributed by atoms with Gasteiger partial charge in [0.1, 0.15) is 5.82 Å². The zero-order valence-electron chi connectivity index (χ0n) is 11.5. The molecule has 0 atom stereocenters. The number of hydrogen-bond acceptors (Lipinski definition) is 2. The van der Waals surface area contributed by atoms with Crippen molar-refractivity contribution < 1.29 is 14.0 Å². The minimum atomic E-state index is -0.379. The second kappa shape index (κ2) is 6.61. The molecule has 0 fully saturated rings. The number of allylic oxidation sites excluding steroid dienone is 1. The maximum absolute atomic E-state index is 13.0. The third kappa shape index (κ3) is 4.11. The molecule has 106 valence electrons. The molecule has 0 spiro atoms. The van der Waals surface area contributed by atoms with Crippen LogP contribution in [0.2, 0.25) is 0 Å². The van der Waals surface area contributed by atoms with Gasteiger partial charge in [0.05, 0.1) is 5.70 Å². The van der Waals surface area contributed by atoms with Gasteiger partial charge >= 0.3 is 0 Å². The van der Waals surface area contributed by atoms with Crippen molar-refractivity contribution in [1.82, 2.24) is 5.32 Å². The second-order valence-corrected chi connectivity index (χ2v) is 4.48. The molecule has 2 aromatic carbocycles. The summed E-state index contributed by atoms with van der Waals surface area (Å²) in [5.74, 6) is -0.912. The van der Waals surface area contributed by atoms with Gasteiger partial charge in [0, 0.05) is 18.6 Å². The third-order valence-electron chi connectivity index (χ3n) is 2.80. The number of benzene rings is 2. The van der Waals surface area contributed by atoms with E-state index in [-0.39, 0.29) is 17.5 Å². The fourth-order valence-electron chi connectivity index (χ4n) is 1.83. The molecular formula is C17H14FNO2. The van der Waals surface area contributed by atoms with E-state index in [1.54, 1.807) is 24.3 Å². The average molecular weight is 283 g/mol. The zero-order valence-corrected chi connectivity index (χ0v) is 11.5. The van der Waals surface area contributed by atoms with Crippen molar-refractivity contribution in [3.8, 4) is 0 Å². The molecule has 0 unspecified atom stereocenters. The zero-order chi connectivity index (χ0) is 15.2. The Morgan fingerprint density at radius 2 is 1.57 bits per heavy atom. The van der Waals surface area contributed by atoms with E-state index < -0.39 is 0 Å². The van der Waals surface area contributed by atoms with Gasteiger partial charge < -0.3 is 5.32 Å². The second-order valence-electron chi connectivity index (χ2n) is 4.48. The van der Waals surface area contributed by atoms with Crippen LogP contribution in [0.4, 0.5) is 4.39 Å². The van der Waals surface area contributed by atoms with Crippen molar-refractivity contribution in [1.29, 1.82) is 0 Å². The maximum Gasteiger partial charge on any atom is 0.221 e. The first kappa shape index (κ1) is 14.7. The fourth-order valence-corrected chi connectivity index (χ4v) is 1.83. The van der Waals surface area contributed by atoms with Crippen LogP contribution in [-0.2, 0) is 4.79 Å². The molecule has 0 aliphatic rings. The average Bonchev–Trinajstić information content (AvgIpc) is 2.48. The minimum absolute atomic E-state index is 0.233. The summed E-state index contributed by atoms with van der Waals surface area (Å²) in [5.41, 5.74) is 1.43. The summed E-state index contributed by atoms with van der Waals surface area (Å²) in [6.07, 6.45) is 1.34. The number of rotatable bonds is 4. The van der Waals surface area contributed by atoms with E-state index in [0.717, 1.165) is 0 Å². The molecule has 3 nitrogen and oxygen atoms in total. The van der Waals surface area contributed by atoms with Crippen LogP contribution in [0.1, 0.15) is 22.8 Å². The quantitative estimate of drug-likeness (QED) is 0.692. The summed E-state index contributed by atoms with van der Waals surface area (Å²) < 4.78 is 13.0. The van der Waals surface area contributed by atoms with Crippen LogP contribution in [0, 0.1) is 5.82 Å². The Balaban J connectivity index is 2.35. The van der Waals surface area contributed by atoms with Crippen LogP contribution in [0.15, 0.2) is 60.7 Å². The predicted molar refractivity (Wildman–Crippen MR) is 79.0 cm³/mol. The standard InChI is InChI=1S/C17H14FNO2/c1-12(20)19-16(13-7-9-15(18)10-8-13)11-17(21)14-5-3-2-4-6-14/h2-11H,1H3,(H,19,20)/b16-11-. The van der Waals surface area contributed by atoms with Crippen molar-refractivity contribution >= 4 is 17.4 Å². The molecule has 4 heteroatoms. The number of halogens is 1. The van der Waals surface area contributed by atoms with Crippen LogP contribution >= 0.6 is 0 Å². The van der Waals surface area contributed by atoms with Crippen molar-refractivity contribution in [3.63, 3.8) is 0 Å². The summed E-state index contributed by atoms with van der Waals surface area (Å²) in [6.45, 7) is 1.35. The summed E-state index contributed by atoms with van der Waals surface area (Å²) in [5, 5.41) is 2.60. The molecule has 2 rings (SSSR count). The Morgan fingerprint density at radius 1 is 0.952 bits per heavy atom. The number of carbonyl (C=O) groups is 2. The lowest BCUT2D eigenvalue weighted by Gasteiger charge is -2.08. The van der Waals surface area contributed by atoms with E-state index in [1.807, 2.05) is 6.07 Å². The fraction of sp³-hybridized carbons (Fsp3) is 0.0588. The first-order chi connectivity index (χ1) is 10.1. The highest BCUT2D eigenvalue weighted by molar-refractivity contribution is 6.09. The maximum atomic E-state index is 13.0. The smallest absolute Gasteiger partial charge is 0.221 e. The summed E-state index contributed by atoms with van der Waals surface area (Å²) >= 11 is 0. The molecule has 0 aromatic heterocycles. The lowest BCUT2D eigenvalue weighted by Crippen LogP contribution is -2.19. The Kier molecular flexibility index (Phi) is 4.61. The molecule has 1 N–H and O–H groups in total. The first-order valence-electron chi connectivity index (χ1n) is 6.41. The topological polar surface area (TPSA) is 46.2 Å². The Morgan fingerprint density at radius 3 is 2.14 bits per heavy atom. The molecule has 0 aliphatic carbocycles. The summed E-state index contributed by atoms with van der Waals surface area (Å²) in [4.78, 5) is 23.5. The lowest BCUT2D eigenvalue weighted by atomic mass is 10.1. The third-order valence-corrected chi connectivity index (χ3v) is 2.80. The monoisotopic (exact) mass is 283 g/mol. The van der Waals surface area contributed by atoms with Gasteiger partial charge in [-0.25, -0.2) is 4.39 Å². The van der Waals surface area contributed by atoms with Crippen LogP contribution in [0.3, 0.4) is 0 Å². The van der Waals surface area contributed by atoms with E-state index in [2.05, 4.69) is 5.32 Å². The Bertz CT molecular complexity index is 676. The molecule has 0 aliphatic heterocycles. The number of nitrogens with one attached hydrogen (secondary N) is 1. The highest BCUT2D eigenvalue weighted by Crippen LogP contribution is 2.14. The van der Waals surface area contributed by atoms with Gasteiger partial charge in [-0.1, -0.05) is 30.3 Å². The molecular weight excluding hydrogens is 269 g/mol. The number of ketones is 1. The minimum Gasteiger partial charge on any atom is -0.326 e. The molecule has 0 heterocycles. The van der Waals surface area contributed by atoms with Gasteiger partial charge in [-0.3, -0.25) is 9.59 Å². The van der Waals surface area contributed by atoms with Crippen molar-refractivity contribution in [2.45, 2.75) is 6.92 Å². The van der Waals surface area contributed by atoms with Gasteiger partial charge in [-0.05, 0) is 29.8 Å². The predicted octanol–water partition coefficient (Wildman–Crippen LogP) is 3.19. The number of carbonyl (C=O) groups excluding carboxylic acids is 2. The molecule has 1 amide bonds. The van der Waals surface area contributed by atoms with Crippen molar-refractivity contribution in [2.75, 3.05) is 0 Å².